The van der Waals surface area contributed by atoms with Crippen molar-refractivity contribution in [1.29, 1.82) is 0 Å². The highest BCUT2D eigenvalue weighted by Gasteiger charge is 2.23. The van der Waals surface area contributed by atoms with Crippen molar-refractivity contribution in [1.82, 2.24) is 5.32 Å². The number of methoxy groups -OCH3 is 1. The summed E-state index contributed by atoms with van der Waals surface area (Å²) in [5.74, 6) is -0.441. The quantitative estimate of drug-likeness (QED) is 0.759. The molecule has 0 saturated carbocycles. The van der Waals surface area contributed by atoms with Gasteiger partial charge in [0, 0.05) is 11.4 Å². The highest BCUT2D eigenvalue weighted by atomic mass is 32.1. The first-order chi connectivity index (χ1) is 7.56. The summed E-state index contributed by atoms with van der Waals surface area (Å²) >= 11 is 1.63. The van der Waals surface area contributed by atoms with E-state index < -0.39 is 18.1 Å². The normalized spacial score (nSPS) is 14.5. The van der Waals surface area contributed by atoms with E-state index in [1.807, 2.05) is 18.4 Å². The number of hydrogen-bond donors (Lipinski definition) is 2. The van der Waals surface area contributed by atoms with Gasteiger partial charge in [0.05, 0.1) is 13.2 Å². The molecule has 0 bridgehead atoms. The van der Waals surface area contributed by atoms with Crippen LogP contribution in [0.1, 0.15) is 17.4 Å². The van der Waals surface area contributed by atoms with E-state index in [-0.39, 0.29) is 0 Å². The molecule has 1 heterocycles. The number of ether oxygens (including phenoxy) is 1. The third kappa shape index (κ3) is 3.30. The second-order valence-electron chi connectivity index (χ2n) is 3.65. The highest BCUT2D eigenvalue weighted by Crippen LogP contribution is 2.15. The lowest BCUT2D eigenvalue weighted by Gasteiger charge is -2.18. The molecule has 0 amide bonds. The van der Waals surface area contributed by atoms with Crippen LogP contribution in [0.2, 0.25) is 0 Å². The number of esters is 1. The van der Waals surface area contributed by atoms with Gasteiger partial charge in [0.25, 0.3) is 0 Å². The first-order valence-electron chi connectivity index (χ1n) is 5.08. The van der Waals surface area contributed by atoms with Gasteiger partial charge in [0.15, 0.2) is 0 Å². The number of carbonyl (C=O) groups is 1. The lowest BCUT2D eigenvalue weighted by Crippen LogP contribution is -2.45. The Bertz CT molecular complexity index is 349. The highest BCUT2D eigenvalue weighted by molar-refractivity contribution is 7.10. The third-order valence-electron chi connectivity index (χ3n) is 2.39. The van der Waals surface area contributed by atoms with Gasteiger partial charge in [-0.15, -0.1) is 11.3 Å². The van der Waals surface area contributed by atoms with E-state index in [0.29, 0.717) is 6.54 Å². The summed E-state index contributed by atoms with van der Waals surface area (Å²) in [6.45, 7) is 4.15. The smallest absolute Gasteiger partial charge is 0.325 e. The molecule has 0 aliphatic heterocycles. The van der Waals surface area contributed by atoms with E-state index in [1.165, 1.54) is 12.7 Å². The average Bonchev–Trinajstić information content (AvgIpc) is 2.64. The van der Waals surface area contributed by atoms with Crippen molar-refractivity contribution in [2.45, 2.75) is 32.5 Å². The van der Waals surface area contributed by atoms with Crippen LogP contribution in [0.4, 0.5) is 0 Å². The van der Waals surface area contributed by atoms with Crippen molar-refractivity contribution < 1.29 is 14.6 Å². The molecule has 0 aromatic carbocycles. The fraction of sp³-hybridized carbons (Fsp3) is 0.545. The number of aryl methyl sites for hydroxylation is 1. The number of aliphatic hydroxyl groups excluding tert-OH is 1. The van der Waals surface area contributed by atoms with E-state index in [2.05, 4.69) is 10.1 Å². The van der Waals surface area contributed by atoms with Crippen LogP contribution in [0, 0.1) is 6.92 Å². The fourth-order valence-electron chi connectivity index (χ4n) is 1.37. The topological polar surface area (TPSA) is 58.6 Å². The van der Waals surface area contributed by atoms with E-state index in [1.54, 1.807) is 18.3 Å². The second-order valence-corrected chi connectivity index (χ2v) is 4.65. The predicted octanol–water partition coefficient (Wildman–Crippen LogP) is 1.07. The van der Waals surface area contributed by atoms with Crippen molar-refractivity contribution in [3.05, 3.63) is 21.9 Å². The Hall–Kier alpha value is -0.910. The Morgan fingerprint density at radius 1 is 1.69 bits per heavy atom. The van der Waals surface area contributed by atoms with Crippen LogP contribution in [0.25, 0.3) is 0 Å². The van der Waals surface area contributed by atoms with Gasteiger partial charge in [0.1, 0.15) is 6.04 Å². The average molecular weight is 243 g/mol. The summed E-state index contributed by atoms with van der Waals surface area (Å²) in [7, 11) is 1.32. The number of hydrogen-bond acceptors (Lipinski definition) is 5. The van der Waals surface area contributed by atoms with Gasteiger partial charge in [-0.05, 0) is 30.9 Å². The largest absolute Gasteiger partial charge is 0.468 e. The molecule has 0 saturated heterocycles. The van der Waals surface area contributed by atoms with E-state index in [0.717, 1.165) is 4.88 Å². The Balaban J connectivity index is 2.57. The van der Waals surface area contributed by atoms with Gasteiger partial charge < -0.3 is 9.84 Å². The zero-order valence-electron chi connectivity index (χ0n) is 9.69. The number of aliphatic hydroxyl groups is 1. The lowest BCUT2D eigenvalue weighted by atomic mass is 10.2. The minimum atomic E-state index is -0.771. The van der Waals surface area contributed by atoms with Gasteiger partial charge in [-0.2, -0.15) is 0 Å². The van der Waals surface area contributed by atoms with Crippen molar-refractivity contribution in [3.8, 4) is 0 Å². The van der Waals surface area contributed by atoms with Crippen molar-refractivity contribution >= 4 is 17.3 Å². The molecule has 4 nitrogen and oxygen atoms in total. The third-order valence-corrected chi connectivity index (χ3v) is 3.41. The standard InChI is InChI=1S/C11H17NO3S/c1-7-4-5-16-9(7)6-12-10(8(2)13)11(14)15-3/h4-5,8,10,12-13H,6H2,1-3H3/t8-,10-/m0/s1. The molecule has 0 unspecified atom stereocenters. The van der Waals surface area contributed by atoms with Crippen LogP contribution < -0.4 is 5.32 Å². The Morgan fingerprint density at radius 3 is 2.81 bits per heavy atom. The molecule has 1 rings (SSSR count). The zero-order valence-corrected chi connectivity index (χ0v) is 10.5. The van der Waals surface area contributed by atoms with Crippen LogP contribution in [0.5, 0.6) is 0 Å². The van der Waals surface area contributed by atoms with E-state index >= 15 is 0 Å². The first-order valence-corrected chi connectivity index (χ1v) is 5.96. The Kier molecular flexibility index (Phi) is 4.92. The Labute approximate surface area is 99.2 Å². The molecule has 2 atom stereocenters. The molecular weight excluding hydrogens is 226 g/mol. The monoisotopic (exact) mass is 243 g/mol. The van der Waals surface area contributed by atoms with E-state index in [9.17, 15) is 9.90 Å². The SMILES string of the molecule is COC(=O)[C@@H](NCc1sccc1C)[C@H](C)O. The van der Waals surface area contributed by atoms with E-state index in [4.69, 9.17) is 0 Å². The van der Waals surface area contributed by atoms with Crippen molar-refractivity contribution in [2.24, 2.45) is 0 Å². The minimum absolute atomic E-state index is 0.441. The summed E-state index contributed by atoms with van der Waals surface area (Å²) in [4.78, 5) is 12.5. The summed E-state index contributed by atoms with van der Waals surface area (Å²) in [6, 6.07) is 1.35. The number of carbonyl (C=O) groups excluding carboxylic acids is 1. The number of thiophene rings is 1. The van der Waals surface area contributed by atoms with Gasteiger partial charge >= 0.3 is 5.97 Å². The molecule has 0 spiro atoms. The summed E-state index contributed by atoms with van der Waals surface area (Å²) in [5, 5.41) is 14.5. The van der Waals surface area contributed by atoms with Crippen molar-refractivity contribution in [3.63, 3.8) is 0 Å². The number of rotatable bonds is 5. The molecule has 16 heavy (non-hydrogen) atoms. The van der Waals surface area contributed by atoms with Crippen LogP contribution in [0.3, 0.4) is 0 Å². The maximum absolute atomic E-state index is 11.4. The summed E-state index contributed by atoms with van der Waals surface area (Å²) in [5.41, 5.74) is 1.19. The fourth-order valence-corrected chi connectivity index (χ4v) is 2.22. The molecule has 5 heteroatoms. The van der Waals surface area contributed by atoms with Gasteiger partial charge in [-0.25, -0.2) is 0 Å². The zero-order chi connectivity index (χ0) is 12.1. The maximum atomic E-state index is 11.4. The van der Waals surface area contributed by atoms with Crippen LogP contribution >= 0.6 is 11.3 Å². The molecule has 2 N–H and O–H groups in total. The molecule has 1 aromatic heterocycles. The second kappa shape index (κ2) is 5.98. The molecule has 0 aliphatic carbocycles. The summed E-state index contributed by atoms with van der Waals surface area (Å²) in [6.07, 6.45) is -0.771. The molecule has 90 valence electrons. The first kappa shape index (κ1) is 13.2. The minimum Gasteiger partial charge on any atom is -0.468 e. The predicted molar refractivity (Wildman–Crippen MR) is 63.4 cm³/mol. The maximum Gasteiger partial charge on any atom is 0.325 e. The Morgan fingerprint density at radius 2 is 2.38 bits per heavy atom. The lowest BCUT2D eigenvalue weighted by molar-refractivity contribution is -0.145. The molecule has 1 aromatic rings. The van der Waals surface area contributed by atoms with Crippen LogP contribution in [0.15, 0.2) is 11.4 Å². The molecular formula is C11H17NO3S. The van der Waals surface area contributed by atoms with Gasteiger partial charge in [0.2, 0.25) is 0 Å². The van der Waals surface area contributed by atoms with Crippen LogP contribution in [-0.2, 0) is 16.1 Å². The van der Waals surface area contributed by atoms with Crippen LogP contribution in [-0.4, -0.2) is 30.3 Å². The molecule has 0 fully saturated rings. The molecule has 0 aliphatic rings. The number of nitrogens with one attached hydrogen (secondary N) is 1. The van der Waals surface area contributed by atoms with Gasteiger partial charge in [-0.3, -0.25) is 10.1 Å². The van der Waals surface area contributed by atoms with Gasteiger partial charge in [-0.1, -0.05) is 0 Å². The molecule has 0 radical (unpaired) electrons. The van der Waals surface area contributed by atoms with Crippen molar-refractivity contribution in [2.75, 3.05) is 7.11 Å². The summed E-state index contributed by atoms with van der Waals surface area (Å²) < 4.78 is 4.62.